The van der Waals surface area contributed by atoms with E-state index in [0.29, 0.717) is 5.95 Å². The summed E-state index contributed by atoms with van der Waals surface area (Å²) in [6, 6.07) is 53.1. The maximum atomic E-state index is 6.60. The zero-order valence-corrected chi connectivity index (χ0v) is 24.7. The first kappa shape index (κ1) is 25.1. The Morgan fingerprint density at radius 3 is 2.13 bits per heavy atom. The van der Waals surface area contributed by atoms with Gasteiger partial charge in [-0.1, -0.05) is 121 Å². The second-order valence-corrected chi connectivity index (χ2v) is 11.8. The van der Waals surface area contributed by atoms with Gasteiger partial charge < -0.3 is 4.42 Å². The van der Waals surface area contributed by atoms with Gasteiger partial charge in [-0.3, -0.25) is 4.57 Å². The molecule has 0 saturated carbocycles. The summed E-state index contributed by atoms with van der Waals surface area (Å²) in [6.45, 7) is 0. The zero-order chi connectivity index (χ0) is 30.2. The van der Waals surface area contributed by atoms with Gasteiger partial charge in [0.25, 0.3) is 0 Å². The molecule has 0 N–H and O–H groups in total. The van der Waals surface area contributed by atoms with Crippen molar-refractivity contribution in [2.45, 2.75) is 0 Å². The summed E-state index contributed by atoms with van der Waals surface area (Å²) in [6.07, 6.45) is 0. The number of nitrogens with zero attached hydrogens (tertiary/aromatic N) is 3. The van der Waals surface area contributed by atoms with Gasteiger partial charge in [0.15, 0.2) is 0 Å². The molecule has 0 saturated heterocycles. The Morgan fingerprint density at radius 1 is 0.478 bits per heavy atom. The quantitative estimate of drug-likeness (QED) is 0.207. The van der Waals surface area contributed by atoms with Crippen molar-refractivity contribution in [3.05, 3.63) is 152 Å². The molecule has 0 unspecified atom stereocenters. The highest BCUT2D eigenvalue weighted by atomic mass is 16.3. The van der Waals surface area contributed by atoms with Crippen LogP contribution in [0.2, 0.25) is 0 Å². The zero-order valence-electron chi connectivity index (χ0n) is 24.7. The Bertz CT molecular complexity index is 2800. The lowest BCUT2D eigenvalue weighted by Gasteiger charge is -2.12. The van der Waals surface area contributed by atoms with Crippen molar-refractivity contribution in [2.75, 3.05) is 0 Å². The molecule has 4 heteroatoms. The Hall–Kier alpha value is -6.26. The summed E-state index contributed by atoms with van der Waals surface area (Å²) < 4.78 is 8.82. The first-order valence-corrected chi connectivity index (χ1v) is 15.5. The number of rotatable bonds is 3. The smallest absolute Gasteiger partial charge is 0.235 e. The fraction of sp³-hybridized carbons (Fsp3) is 0. The number of benzene rings is 7. The van der Waals surface area contributed by atoms with E-state index >= 15 is 0 Å². The molecule has 46 heavy (non-hydrogen) atoms. The number of hydrogen-bond acceptors (Lipinski definition) is 3. The van der Waals surface area contributed by atoms with Crippen LogP contribution in [0.15, 0.2) is 156 Å². The van der Waals surface area contributed by atoms with Gasteiger partial charge in [0.2, 0.25) is 5.95 Å². The minimum atomic E-state index is 0.628. The molecule has 3 aromatic heterocycles. The minimum Gasteiger partial charge on any atom is -0.455 e. The van der Waals surface area contributed by atoms with Crippen LogP contribution >= 0.6 is 0 Å². The van der Waals surface area contributed by atoms with E-state index in [2.05, 4.69) is 126 Å². The number of hydrogen-bond donors (Lipinski definition) is 0. The van der Waals surface area contributed by atoms with Crippen molar-refractivity contribution in [1.82, 2.24) is 14.5 Å². The average molecular weight is 588 g/mol. The Balaban J connectivity index is 1.35. The maximum absolute atomic E-state index is 6.60. The van der Waals surface area contributed by atoms with Gasteiger partial charge >= 0.3 is 0 Å². The van der Waals surface area contributed by atoms with E-state index in [1.54, 1.807) is 0 Å². The Morgan fingerprint density at radius 2 is 1.22 bits per heavy atom. The van der Waals surface area contributed by atoms with Crippen LogP contribution in [0.25, 0.3) is 93.8 Å². The van der Waals surface area contributed by atoms with Crippen LogP contribution in [0, 0.1) is 0 Å². The molecule has 7 aromatic carbocycles. The molecule has 0 spiro atoms. The van der Waals surface area contributed by atoms with Crippen molar-refractivity contribution in [2.24, 2.45) is 0 Å². The van der Waals surface area contributed by atoms with Gasteiger partial charge in [0.1, 0.15) is 11.2 Å². The van der Waals surface area contributed by atoms with Crippen LogP contribution in [-0.2, 0) is 0 Å². The van der Waals surface area contributed by atoms with Crippen molar-refractivity contribution in [3.8, 4) is 28.3 Å². The fourth-order valence-corrected chi connectivity index (χ4v) is 7.12. The molecule has 10 rings (SSSR count). The third-order valence-electron chi connectivity index (χ3n) is 9.21. The summed E-state index contributed by atoms with van der Waals surface area (Å²) in [5.74, 6) is 0.628. The molecule has 4 nitrogen and oxygen atoms in total. The normalized spacial score (nSPS) is 11.9. The molecule has 3 heterocycles. The monoisotopic (exact) mass is 587 g/mol. The van der Waals surface area contributed by atoms with Crippen LogP contribution in [-0.4, -0.2) is 14.5 Å². The SMILES string of the molecule is c1ccc(-c2nc(-n3c4cc(-c5cccc6ccccc56)ccc4c4c5oc6ccccc6c5ccc43)nc3ccccc23)cc1. The molecule has 0 aliphatic rings. The lowest BCUT2D eigenvalue weighted by molar-refractivity contribution is 0.673. The molecule has 0 bridgehead atoms. The van der Waals surface area contributed by atoms with Gasteiger partial charge in [-0.15, -0.1) is 0 Å². The molecular weight excluding hydrogens is 562 g/mol. The number of para-hydroxylation sites is 2. The van der Waals surface area contributed by atoms with Crippen molar-refractivity contribution < 1.29 is 4.42 Å². The molecule has 0 aliphatic carbocycles. The van der Waals surface area contributed by atoms with Crippen molar-refractivity contribution in [3.63, 3.8) is 0 Å². The highest BCUT2D eigenvalue weighted by Crippen LogP contribution is 2.42. The van der Waals surface area contributed by atoms with E-state index in [9.17, 15) is 0 Å². The largest absolute Gasteiger partial charge is 0.455 e. The molecule has 0 fully saturated rings. The molecule has 0 atom stereocenters. The van der Waals surface area contributed by atoms with Gasteiger partial charge in [-0.25, -0.2) is 9.97 Å². The molecule has 10 aromatic rings. The van der Waals surface area contributed by atoms with Crippen molar-refractivity contribution >= 4 is 65.4 Å². The van der Waals surface area contributed by atoms with Crippen LogP contribution < -0.4 is 0 Å². The first-order valence-electron chi connectivity index (χ1n) is 15.5. The Labute approximate surface area is 263 Å². The van der Waals surface area contributed by atoms with E-state index in [4.69, 9.17) is 14.4 Å². The molecule has 214 valence electrons. The minimum absolute atomic E-state index is 0.628. The summed E-state index contributed by atoms with van der Waals surface area (Å²) in [4.78, 5) is 10.5. The predicted octanol–water partition coefficient (Wildman–Crippen LogP) is 11.1. The summed E-state index contributed by atoms with van der Waals surface area (Å²) in [7, 11) is 0. The van der Waals surface area contributed by atoms with E-state index in [-0.39, 0.29) is 0 Å². The van der Waals surface area contributed by atoms with Gasteiger partial charge in [0, 0.05) is 27.1 Å². The third-order valence-corrected chi connectivity index (χ3v) is 9.21. The number of furan rings is 1. The third kappa shape index (κ3) is 3.61. The second kappa shape index (κ2) is 9.62. The van der Waals surface area contributed by atoms with Crippen LogP contribution in [0.5, 0.6) is 0 Å². The summed E-state index contributed by atoms with van der Waals surface area (Å²) in [5.41, 5.74) is 8.99. The second-order valence-electron chi connectivity index (χ2n) is 11.8. The number of aromatic nitrogens is 3. The Kier molecular flexibility index (Phi) is 5.25. The van der Waals surface area contributed by atoms with E-state index in [0.717, 1.165) is 71.5 Å². The standard InChI is InChI=1S/C42H25N3O/c1-2-12-27(13-3-1)40-33-17-6-8-19-35(33)43-42(44-40)45-36-24-23-32-31-16-7-9-20-38(31)46-41(32)39(36)34-22-21-28(25-37(34)45)30-18-10-14-26-11-4-5-15-29(26)30/h1-25H. The lowest BCUT2D eigenvalue weighted by Crippen LogP contribution is -2.03. The van der Waals surface area contributed by atoms with E-state index in [1.807, 2.05) is 30.3 Å². The van der Waals surface area contributed by atoms with Gasteiger partial charge in [0.05, 0.1) is 27.6 Å². The average Bonchev–Trinajstić information content (AvgIpc) is 3.66. The topological polar surface area (TPSA) is 43.9 Å². The molecule has 0 aliphatic heterocycles. The first-order chi connectivity index (χ1) is 22.8. The lowest BCUT2D eigenvalue weighted by atomic mass is 9.97. The number of fused-ring (bicyclic) bond motifs is 9. The van der Waals surface area contributed by atoms with E-state index in [1.165, 1.54) is 16.3 Å². The predicted molar refractivity (Wildman–Crippen MR) is 190 cm³/mol. The maximum Gasteiger partial charge on any atom is 0.235 e. The van der Waals surface area contributed by atoms with Crippen LogP contribution in [0.1, 0.15) is 0 Å². The fourth-order valence-electron chi connectivity index (χ4n) is 7.12. The van der Waals surface area contributed by atoms with Gasteiger partial charge in [-0.05, 0) is 52.2 Å². The highest BCUT2D eigenvalue weighted by Gasteiger charge is 2.22. The molecule has 0 radical (unpaired) electrons. The van der Waals surface area contributed by atoms with Gasteiger partial charge in [-0.2, -0.15) is 0 Å². The summed E-state index contributed by atoms with van der Waals surface area (Å²) >= 11 is 0. The summed E-state index contributed by atoms with van der Waals surface area (Å²) in [5, 5.41) is 7.84. The van der Waals surface area contributed by atoms with Crippen molar-refractivity contribution in [1.29, 1.82) is 0 Å². The van der Waals surface area contributed by atoms with E-state index < -0.39 is 0 Å². The van der Waals surface area contributed by atoms with Crippen LogP contribution in [0.3, 0.4) is 0 Å². The molecule has 0 amide bonds. The van der Waals surface area contributed by atoms with Crippen LogP contribution in [0.4, 0.5) is 0 Å². The molecular formula is C42H25N3O. The highest BCUT2D eigenvalue weighted by molar-refractivity contribution is 6.24.